The molecule has 0 aliphatic carbocycles. The maximum Gasteiger partial charge on any atom is 0.573 e. The summed E-state index contributed by atoms with van der Waals surface area (Å²) in [6.45, 7) is 0.939. The molecule has 1 N–H and O–H groups in total. The number of nitrogens with zero attached hydrogens (tertiary/aromatic N) is 1. The maximum atomic E-state index is 12.5. The monoisotopic (exact) mass is 400 g/mol. The van der Waals surface area contributed by atoms with Crippen LogP contribution in [0.25, 0.3) is 0 Å². The molecule has 0 aromatic heterocycles. The smallest absolute Gasteiger partial charge is 0.404 e. The fraction of sp³-hybridized carbons (Fsp3) is 0.333. The number of halogens is 3. The summed E-state index contributed by atoms with van der Waals surface area (Å²) in [4.78, 5) is 1.58. The number of ether oxygens (including phenoxy) is 1. The van der Waals surface area contributed by atoms with E-state index in [1.165, 1.54) is 12.1 Å². The molecule has 5 nitrogen and oxygen atoms in total. The summed E-state index contributed by atoms with van der Waals surface area (Å²) in [5, 5.41) is 0. The molecule has 146 valence electrons. The second-order valence-corrected chi connectivity index (χ2v) is 8.04. The largest absolute Gasteiger partial charge is 0.573 e. The highest BCUT2D eigenvalue weighted by atomic mass is 32.2. The third-order valence-corrected chi connectivity index (χ3v) is 5.77. The Kier molecular flexibility index (Phi) is 5.34. The molecule has 27 heavy (non-hydrogen) atoms. The van der Waals surface area contributed by atoms with E-state index < -0.39 is 27.0 Å². The third-order valence-electron chi connectivity index (χ3n) is 4.33. The summed E-state index contributed by atoms with van der Waals surface area (Å²) >= 11 is 0. The third kappa shape index (κ3) is 4.72. The van der Waals surface area contributed by atoms with Gasteiger partial charge in [-0.05, 0) is 42.2 Å². The highest BCUT2D eigenvalue weighted by molar-refractivity contribution is 7.89. The zero-order valence-electron chi connectivity index (χ0n) is 14.6. The van der Waals surface area contributed by atoms with Gasteiger partial charge >= 0.3 is 6.36 Å². The Labute approximate surface area is 155 Å². The van der Waals surface area contributed by atoms with Gasteiger partial charge in [0.15, 0.2) is 0 Å². The average Bonchev–Trinajstić information content (AvgIpc) is 2.59. The van der Waals surface area contributed by atoms with Crippen LogP contribution in [0.2, 0.25) is 0 Å². The number of fused-ring (bicyclic) bond motifs is 1. The van der Waals surface area contributed by atoms with Gasteiger partial charge in [-0.2, -0.15) is 0 Å². The molecule has 3 rings (SSSR count). The Balaban J connectivity index is 1.78. The molecule has 1 aliphatic heterocycles. The predicted molar refractivity (Wildman–Crippen MR) is 95.2 cm³/mol. The number of nitrogens with one attached hydrogen (secondary N) is 1. The van der Waals surface area contributed by atoms with Crippen LogP contribution in [-0.4, -0.2) is 28.4 Å². The minimum Gasteiger partial charge on any atom is -0.404 e. The SMILES string of the molecule is CN1CCCc2cc(CNS(=O)(=O)c3ccccc3OC(F)(F)F)ccc21. The highest BCUT2D eigenvalue weighted by Crippen LogP contribution is 2.30. The van der Waals surface area contributed by atoms with E-state index in [0.29, 0.717) is 0 Å². The second kappa shape index (κ2) is 7.40. The Hall–Kier alpha value is -2.26. The Bertz CT molecular complexity index is 930. The van der Waals surface area contributed by atoms with E-state index in [1.807, 2.05) is 19.2 Å². The molecular weight excluding hydrogens is 381 g/mol. The zero-order chi connectivity index (χ0) is 19.7. The number of sulfonamides is 1. The molecule has 9 heteroatoms. The number of hydrogen-bond acceptors (Lipinski definition) is 4. The van der Waals surface area contributed by atoms with Crippen LogP contribution in [0.1, 0.15) is 17.5 Å². The molecule has 0 saturated carbocycles. The van der Waals surface area contributed by atoms with Crippen molar-refractivity contribution in [2.45, 2.75) is 30.6 Å². The van der Waals surface area contributed by atoms with E-state index >= 15 is 0 Å². The lowest BCUT2D eigenvalue weighted by Crippen LogP contribution is -2.26. The first-order valence-electron chi connectivity index (χ1n) is 8.33. The van der Waals surface area contributed by atoms with Crippen molar-refractivity contribution in [3.8, 4) is 5.75 Å². The number of benzene rings is 2. The van der Waals surface area contributed by atoms with Gasteiger partial charge in [0.2, 0.25) is 10.0 Å². The zero-order valence-corrected chi connectivity index (χ0v) is 15.4. The van der Waals surface area contributed by atoms with Gasteiger partial charge in [-0.3, -0.25) is 0 Å². The molecule has 0 atom stereocenters. The van der Waals surface area contributed by atoms with Crippen LogP contribution >= 0.6 is 0 Å². The summed E-state index contributed by atoms with van der Waals surface area (Å²) in [5.74, 6) is -0.760. The van der Waals surface area contributed by atoms with E-state index in [1.54, 1.807) is 6.07 Å². The fourth-order valence-corrected chi connectivity index (χ4v) is 4.23. The summed E-state index contributed by atoms with van der Waals surface area (Å²) < 4.78 is 68.7. The Morgan fingerprint density at radius 3 is 2.67 bits per heavy atom. The number of aryl methyl sites for hydroxylation is 1. The molecule has 2 aromatic carbocycles. The van der Waals surface area contributed by atoms with Gasteiger partial charge in [0.1, 0.15) is 10.6 Å². The normalized spacial score (nSPS) is 14.7. The number of anilines is 1. The van der Waals surface area contributed by atoms with Crippen molar-refractivity contribution in [2.75, 3.05) is 18.5 Å². The van der Waals surface area contributed by atoms with Crippen LogP contribution < -0.4 is 14.4 Å². The second-order valence-electron chi connectivity index (χ2n) is 6.31. The van der Waals surface area contributed by atoms with Crippen molar-refractivity contribution in [3.63, 3.8) is 0 Å². The van der Waals surface area contributed by atoms with Gasteiger partial charge < -0.3 is 9.64 Å². The molecule has 1 heterocycles. The van der Waals surface area contributed by atoms with Crippen LogP contribution in [0, 0.1) is 0 Å². The first-order chi connectivity index (χ1) is 12.7. The van der Waals surface area contributed by atoms with Crippen molar-refractivity contribution >= 4 is 15.7 Å². The van der Waals surface area contributed by atoms with Crippen molar-refractivity contribution in [2.24, 2.45) is 0 Å². The lowest BCUT2D eigenvalue weighted by Gasteiger charge is -2.27. The van der Waals surface area contributed by atoms with Crippen molar-refractivity contribution in [3.05, 3.63) is 53.6 Å². The van der Waals surface area contributed by atoms with Crippen molar-refractivity contribution in [1.82, 2.24) is 4.72 Å². The molecule has 0 radical (unpaired) electrons. The van der Waals surface area contributed by atoms with Gasteiger partial charge in [-0.1, -0.05) is 24.3 Å². The van der Waals surface area contributed by atoms with Crippen LogP contribution in [0.3, 0.4) is 0 Å². The Morgan fingerprint density at radius 1 is 1.19 bits per heavy atom. The molecule has 0 spiro atoms. The number of hydrogen-bond donors (Lipinski definition) is 1. The van der Waals surface area contributed by atoms with Crippen LogP contribution in [0.4, 0.5) is 18.9 Å². The molecule has 0 fully saturated rings. The number of para-hydroxylation sites is 1. The lowest BCUT2D eigenvalue weighted by molar-refractivity contribution is -0.275. The molecule has 0 amide bonds. The van der Waals surface area contributed by atoms with Crippen LogP contribution in [0.5, 0.6) is 5.75 Å². The summed E-state index contributed by atoms with van der Waals surface area (Å²) in [5.41, 5.74) is 2.97. The van der Waals surface area contributed by atoms with E-state index in [0.717, 1.165) is 48.3 Å². The summed E-state index contributed by atoms with van der Waals surface area (Å²) in [6, 6.07) is 10.3. The van der Waals surface area contributed by atoms with Gasteiger partial charge in [0.25, 0.3) is 0 Å². The number of rotatable bonds is 5. The molecule has 0 bridgehead atoms. The first-order valence-corrected chi connectivity index (χ1v) is 9.81. The standard InChI is InChI=1S/C18H19F3N2O3S/c1-23-10-4-5-14-11-13(8-9-15(14)23)12-22-27(24,25)17-7-3-2-6-16(17)26-18(19,20)21/h2-3,6-9,11,22H,4-5,10,12H2,1H3. The minimum absolute atomic E-state index is 0.0281. The van der Waals surface area contributed by atoms with Crippen molar-refractivity contribution < 1.29 is 26.3 Å². The average molecular weight is 400 g/mol. The fourth-order valence-electron chi connectivity index (χ4n) is 3.09. The Morgan fingerprint density at radius 2 is 1.93 bits per heavy atom. The summed E-state index contributed by atoms with van der Waals surface area (Å²) in [6.07, 6.45) is -3.06. The van der Waals surface area contributed by atoms with Crippen LogP contribution in [0.15, 0.2) is 47.4 Å². The quantitative estimate of drug-likeness (QED) is 0.835. The van der Waals surface area contributed by atoms with E-state index in [2.05, 4.69) is 14.4 Å². The molecule has 2 aromatic rings. The van der Waals surface area contributed by atoms with Crippen LogP contribution in [-0.2, 0) is 23.0 Å². The van der Waals surface area contributed by atoms with Gasteiger partial charge in [-0.15, -0.1) is 13.2 Å². The predicted octanol–water partition coefficient (Wildman–Crippen LogP) is 3.45. The maximum absolute atomic E-state index is 12.5. The van der Waals surface area contributed by atoms with E-state index in [9.17, 15) is 21.6 Å². The minimum atomic E-state index is -4.98. The first kappa shape index (κ1) is 19.5. The van der Waals surface area contributed by atoms with Crippen molar-refractivity contribution in [1.29, 1.82) is 0 Å². The molecule has 1 aliphatic rings. The summed E-state index contributed by atoms with van der Waals surface area (Å²) in [7, 11) is -2.18. The van der Waals surface area contributed by atoms with Gasteiger partial charge in [0, 0.05) is 25.8 Å². The van der Waals surface area contributed by atoms with E-state index in [-0.39, 0.29) is 6.54 Å². The molecule has 0 saturated heterocycles. The number of alkyl halides is 3. The highest BCUT2D eigenvalue weighted by Gasteiger charge is 2.33. The van der Waals surface area contributed by atoms with E-state index in [4.69, 9.17) is 0 Å². The lowest BCUT2D eigenvalue weighted by atomic mass is 10.00. The molecular formula is C18H19F3N2O3S. The topological polar surface area (TPSA) is 58.6 Å². The van der Waals surface area contributed by atoms with Gasteiger partial charge in [-0.25, -0.2) is 13.1 Å². The van der Waals surface area contributed by atoms with Gasteiger partial charge in [0.05, 0.1) is 0 Å². The molecule has 0 unspecified atom stereocenters.